The number of carboxylic acids is 3. The summed E-state index contributed by atoms with van der Waals surface area (Å²) in [4.78, 5) is 36.1. The van der Waals surface area contributed by atoms with Gasteiger partial charge in [-0.2, -0.15) is 0 Å². The molecule has 0 atom stereocenters. The van der Waals surface area contributed by atoms with Crippen LogP contribution in [-0.4, -0.2) is 38.1 Å². The van der Waals surface area contributed by atoms with Crippen molar-refractivity contribution in [3.63, 3.8) is 0 Å². The minimum absolute atomic E-state index is 0. The number of para-hydroxylation sites is 1. The van der Waals surface area contributed by atoms with Crippen molar-refractivity contribution in [2.24, 2.45) is 0 Å². The van der Waals surface area contributed by atoms with Crippen molar-refractivity contribution in [1.29, 1.82) is 0 Å². The number of phenolic OH excluding ortho intramolecular Hbond substituents is 2. The number of hydrogen-bond acceptors (Lipinski definition) is 10. The monoisotopic (exact) mass is 600 g/mol. The number of hydrogen-bond donors (Lipinski definition) is 2. The number of aliphatic carboxylic acids is 3. The van der Waals surface area contributed by atoms with Crippen molar-refractivity contribution in [2.45, 2.75) is 34.6 Å². The molecule has 0 spiro atoms. The van der Waals surface area contributed by atoms with E-state index in [9.17, 15) is 10.2 Å². The number of phenols is 2. The summed E-state index contributed by atoms with van der Waals surface area (Å²) in [6.07, 6.45) is 0. The average molecular weight is 601 g/mol. The van der Waals surface area contributed by atoms with Crippen LogP contribution in [-0.2, 0) is 31.5 Å². The summed E-state index contributed by atoms with van der Waals surface area (Å²) in [5, 5.41) is 47.3. The average Bonchev–Trinajstić information content (AvgIpc) is 2.85. The zero-order chi connectivity index (χ0) is 30.4. The number of benzene rings is 2. The first-order valence-electron chi connectivity index (χ1n) is 11.8. The molecule has 2 heterocycles. The Bertz CT molecular complexity index is 1430. The molecule has 41 heavy (non-hydrogen) atoms. The van der Waals surface area contributed by atoms with Crippen LogP contribution in [0.1, 0.15) is 31.9 Å². The van der Waals surface area contributed by atoms with Crippen molar-refractivity contribution in [1.82, 2.24) is 9.97 Å². The van der Waals surface area contributed by atoms with Crippen LogP contribution in [0.4, 0.5) is 0 Å². The van der Waals surface area contributed by atoms with Gasteiger partial charge < -0.3 is 39.9 Å². The Labute approximate surface area is 248 Å². The fraction of sp³-hybridized carbons (Fsp3) is 0.167. The molecular weight excluding hydrogens is 571 g/mol. The number of carboxylic acid groups (broad SMARTS) is 3. The molecule has 0 saturated heterocycles. The van der Waals surface area contributed by atoms with E-state index in [2.05, 4.69) is 0 Å². The first-order valence-corrected chi connectivity index (χ1v) is 11.8. The van der Waals surface area contributed by atoms with Crippen LogP contribution in [0, 0.1) is 13.8 Å². The topological polar surface area (TPSA) is 187 Å². The minimum Gasteiger partial charge on any atom is -0.550 e. The molecule has 4 aromatic rings. The van der Waals surface area contributed by atoms with Gasteiger partial charge in [-0.1, -0.05) is 30.3 Å². The van der Waals surface area contributed by atoms with Gasteiger partial charge in [0.05, 0.1) is 22.8 Å². The Hall–Kier alpha value is -4.73. The standard InChI is InChI=1S/C24H20N2O2.3C2H4O2.Mn/c1-15-12-13-17(23(27)14-15)19-8-4-10-21(25-19)22-11-5-9-20(26-22)18-7-3-6-16(2)24(18)28;3*1-2(3)4;/h3-14,27-28H,1-2H3;3*1H3,(H,3,4);/q;;;;+3/p-3. The second-order valence-corrected chi connectivity index (χ2v) is 8.28. The summed E-state index contributed by atoms with van der Waals surface area (Å²) < 4.78 is 0. The molecule has 4 rings (SSSR count). The Balaban J connectivity index is 0.00000105. The van der Waals surface area contributed by atoms with Crippen LogP contribution in [0.5, 0.6) is 11.5 Å². The molecule has 0 radical (unpaired) electrons. The summed E-state index contributed by atoms with van der Waals surface area (Å²) in [7, 11) is 0. The molecule has 0 saturated carbocycles. The van der Waals surface area contributed by atoms with Gasteiger partial charge in [0.2, 0.25) is 0 Å². The largest absolute Gasteiger partial charge is 3.00 e. The van der Waals surface area contributed by atoms with E-state index in [0.29, 0.717) is 33.9 Å². The van der Waals surface area contributed by atoms with E-state index in [1.807, 2.05) is 80.6 Å². The van der Waals surface area contributed by atoms with Gasteiger partial charge in [-0.05, 0) is 88.2 Å². The first kappa shape index (κ1) is 36.3. The number of pyridine rings is 2. The van der Waals surface area contributed by atoms with Crippen LogP contribution in [0.3, 0.4) is 0 Å². The second kappa shape index (κ2) is 17.8. The van der Waals surface area contributed by atoms with Crippen molar-refractivity contribution >= 4 is 17.9 Å². The molecular formula is C30H29MnN2O8. The fourth-order valence-corrected chi connectivity index (χ4v) is 3.18. The van der Waals surface area contributed by atoms with E-state index in [4.69, 9.17) is 39.7 Å². The summed E-state index contributed by atoms with van der Waals surface area (Å²) in [6, 6.07) is 22.5. The van der Waals surface area contributed by atoms with Crippen molar-refractivity contribution in [3.8, 4) is 45.4 Å². The van der Waals surface area contributed by atoms with Crippen molar-refractivity contribution in [2.75, 3.05) is 0 Å². The SMILES string of the molecule is CC(=O)[O-].CC(=O)[O-].CC(=O)[O-].Cc1ccc(-c2cccc(-c3cccc(-c4cccc(C)c4O)n3)n2)c(O)c1.[Mn+3]. The Kier molecular flexibility index (Phi) is 15.7. The van der Waals surface area contributed by atoms with E-state index < -0.39 is 17.9 Å². The maximum absolute atomic E-state index is 10.4. The van der Waals surface area contributed by atoms with E-state index >= 15 is 0 Å². The third-order valence-corrected chi connectivity index (χ3v) is 4.70. The molecule has 2 N–H and O–H groups in total. The molecule has 0 amide bonds. The second-order valence-electron chi connectivity index (χ2n) is 8.28. The smallest absolute Gasteiger partial charge is 0.550 e. The van der Waals surface area contributed by atoms with E-state index in [-0.39, 0.29) is 28.6 Å². The van der Waals surface area contributed by atoms with Gasteiger partial charge >= 0.3 is 17.1 Å². The Morgan fingerprint density at radius 3 is 1.44 bits per heavy atom. The quantitative estimate of drug-likeness (QED) is 0.328. The van der Waals surface area contributed by atoms with Gasteiger partial charge in [0.1, 0.15) is 11.5 Å². The number of carbonyl (C=O) groups excluding carboxylic acids is 3. The van der Waals surface area contributed by atoms with Crippen LogP contribution in [0.25, 0.3) is 33.9 Å². The maximum Gasteiger partial charge on any atom is 3.00 e. The summed E-state index contributed by atoms with van der Waals surface area (Å²) in [5.41, 5.74) is 5.93. The molecule has 2 aromatic heterocycles. The van der Waals surface area contributed by atoms with E-state index in [1.54, 1.807) is 6.07 Å². The summed E-state index contributed by atoms with van der Waals surface area (Å²) in [5.74, 6) is -2.81. The number of nitrogens with zero attached hydrogens (tertiary/aromatic N) is 2. The van der Waals surface area contributed by atoms with E-state index in [1.165, 1.54) is 0 Å². The number of aromatic nitrogens is 2. The third-order valence-electron chi connectivity index (χ3n) is 4.70. The summed E-state index contributed by atoms with van der Waals surface area (Å²) >= 11 is 0. The van der Waals surface area contributed by atoms with Gasteiger partial charge in [-0.3, -0.25) is 0 Å². The van der Waals surface area contributed by atoms with Crippen LogP contribution in [0.15, 0.2) is 72.8 Å². The number of aromatic hydroxyl groups is 2. The molecule has 0 fully saturated rings. The predicted molar refractivity (Wildman–Crippen MR) is 143 cm³/mol. The Morgan fingerprint density at radius 2 is 1.00 bits per heavy atom. The molecule has 214 valence electrons. The van der Waals surface area contributed by atoms with Crippen LogP contribution < -0.4 is 15.3 Å². The third kappa shape index (κ3) is 13.3. The number of rotatable bonds is 3. The van der Waals surface area contributed by atoms with Crippen molar-refractivity contribution in [3.05, 3.63) is 83.9 Å². The van der Waals surface area contributed by atoms with Gasteiger partial charge in [0, 0.05) is 29.0 Å². The molecule has 0 aliphatic heterocycles. The Morgan fingerprint density at radius 1 is 0.610 bits per heavy atom. The normalized spacial score (nSPS) is 9.20. The molecule has 2 aromatic carbocycles. The van der Waals surface area contributed by atoms with Crippen LogP contribution >= 0.6 is 0 Å². The molecule has 11 heteroatoms. The summed E-state index contributed by atoms with van der Waals surface area (Å²) in [6.45, 7) is 6.71. The van der Waals surface area contributed by atoms with Crippen LogP contribution in [0.2, 0.25) is 0 Å². The molecule has 0 bridgehead atoms. The van der Waals surface area contributed by atoms with Gasteiger partial charge in [0.15, 0.2) is 0 Å². The fourth-order valence-electron chi connectivity index (χ4n) is 3.18. The molecule has 10 nitrogen and oxygen atoms in total. The van der Waals surface area contributed by atoms with Gasteiger partial charge in [-0.15, -0.1) is 0 Å². The maximum atomic E-state index is 10.4. The molecule has 0 aliphatic carbocycles. The number of aryl methyl sites for hydroxylation is 2. The zero-order valence-electron chi connectivity index (χ0n) is 23.0. The predicted octanol–water partition coefficient (Wildman–Crippen LogP) is 1.77. The van der Waals surface area contributed by atoms with Gasteiger partial charge in [-0.25, -0.2) is 9.97 Å². The van der Waals surface area contributed by atoms with Gasteiger partial charge in [0.25, 0.3) is 0 Å². The molecule has 0 unspecified atom stereocenters. The van der Waals surface area contributed by atoms with E-state index in [0.717, 1.165) is 31.9 Å². The molecule has 0 aliphatic rings. The zero-order valence-corrected chi connectivity index (χ0v) is 24.2. The number of carbonyl (C=O) groups is 3. The van der Waals surface area contributed by atoms with Crippen molar-refractivity contribution < 1.29 is 57.0 Å². The first-order chi connectivity index (χ1) is 18.7. The minimum atomic E-state index is -1.08.